The number of Topliss-reactive ketones (excluding diaryl/α,β-unsaturated/α-hetero) is 1. The third-order valence-electron chi connectivity index (χ3n) is 4.07. The van der Waals surface area contributed by atoms with E-state index in [0.717, 1.165) is 23.7 Å². The second kappa shape index (κ2) is 6.61. The standard InChI is InChI=1S/C17H16N4O2S2/c1-10(22)21(11-6-7-11)16-19-20-17(25-16)24-9-15(23)13-8-18-14-5-3-2-4-12(13)14/h2-5,8,11,18H,6-7,9H2,1H3. The van der Waals surface area contributed by atoms with Crippen molar-refractivity contribution in [1.29, 1.82) is 0 Å². The van der Waals surface area contributed by atoms with E-state index in [4.69, 9.17) is 0 Å². The quantitative estimate of drug-likeness (QED) is 0.407. The number of carbonyl (C=O) groups excluding carboxylic acids is 2. The van der Waals surface area contributed by atoms with Gasteiger partial charge >= 0.3 is 0 Å². The number of rotatable bonds is 6. The van der Waals surface area contributed by atoms with Crippen LogP contribution in [0.3, 0.4) is 0 Å². The minimum Gasteiger partial charge on any atom is -0.360 e. The predicted octanol–water partition coefficient (Wildman–Crippen LogP) is 3.51. The Morgan fingerprint density at radius 2 is 2.12 bits per heavy atom. The molecule has 1 aliphatic rings. The zero-order chi connectivity index (χ0) is 17.4. The van der Waals surface area contributed by atoms with Crippen LogP contribution in [-0.4, -0.2) is 38.7 Å². The lowest BCUT2D eigenvalue weighted by atomic mass is 10.1. The topological polar surface area (TPSA) is 79.0 Å². The van der Waals surface area contributed by atoms with Gasteiger partial charge in [0.25, 0.3) is 0 Å². The predicted molar refractivity (Wildman–Crippen MR) is 99.4 cm³/mol. The number of anilines is 1. The van der Waals surface area contributed by atoms with Gasteiger partial charge in [-0.1, -0.05) is 41.3 Å². The third kappa shape index (κ3) is 3.32. The van der Waals surface area contributed by atoms with Gasteiger partial charge in [0, 0.05) is 35.6 Å². The summed E-state index contributed by atoms with van der Waals surface area (Å²) in [5.41, 5.74) is 1.65. The third-order valence-corrected chi connectivity index (χ3v) is 6.13. The minimum atomic E-state index is -0.00920. The van der Waals surface area contributed by atoms with Crippen LogP contribution in [-0.2, 0) is 4.79 Å². The van der Waals surface area contributed by atoms with Gasteiger partial charge < -0.3 is 4.98 Å². The van der Waals surface area contributed by atoms with E-state index >= 15 is 0 Å². The second-order valence-corrected chi connectivity index (χ2v) is 8.11. The SMILES string of the molecule is CC(=O)N(c1nnc(SCC(=O)c2c[nH]c3ccccc23)s1)C1CC1. The summed E-state index contributed by atoms with van der Waals surface area (Å²) in [4.78, 5) is 29.1. The molecular weight excluding hydrogens is 356 g/mol. The van der Waals surface area contributed by atoms with Gasteiger partial charge in [0.1, 0.15) is 0 Å². The Kier molecular flexibility index (Phi) is 4.30. The lowest BCUT2D eigenvalue weighted by Gasteiger charge is -2.15. The van der Waals surface area contributed by atoms with Crippen LogP contribution in [0.4, 0.5) is 5.13 Å². The van der Waals surface area contributed by atoms with Gasteiger partial charge in [-0.05, 0) is 18.9 Å². The number of para-hydroxylation sites is 1. The summed E-state index contributed by atoms with van der Waals surface area (Å²) < 4.78 is 0.704. The number of fused-ring (bicyclic) bond motifs is 1. The molecule has 1 amide bonds. The fourth-order valence-corrected chi connectivity index (χ4v) is 4.59. The Balaban J connectivity index is 1.45. The Hall–Kier alpha value is -2.19. The van der Waals surface area contributed by atoms with Crippen molar-refractivity contribution >= 4 is 50.8 Å². The highest BCUT2D eigenvalue weighted by Crippen LogP contribution is 2.36. The first kappa shape index (κ1) is 16.3. The van der Waals surface area contributed by atoms with E-state index in [2.05, 4.69) is 15.2 Å². The number of hydrogen-bond acceptors (Lipinski definition) is 6. The monoisotopic (exact) mass is 372 g/mol. The highest BCUT2D eigenvalue weighted by Gasteiger charge is 2.34. The summed E-state index contributed by atoms with van der Waals surface area (Å²) in [7, 11) is 0. The molecule has 0 bridgehead atoms. The number of hydrogen-bond donors (Lipinski definition) is 1. The summed E-state index contributed by atoms with van der Waals surface area (Å²) >= 11 is 2.73. The van der Waals surface area contributed by atoms with Crippen molar-refractivity contribution in [2.45, 2.75) is 30.1 Å². The first-order valence-electron chi connectivity index (χ1n) is 7.99. The largest absolute Gasteiger partial charge is 0.360 e. The zero-order valence-corrected chi connectivity index (χ0v) is 15.2. The molecule has 1 aromatic carbocycles. The molecule has 1 N–H and O–H groups in total. The maximum absolute atomic E-state index is 12.5. The molecule has 0 unspecified atom stereocenters. The zero-order valence-electron chi connectivity index (χ0n) is 13.6. The molecule has 25 heavy (non-hydrogen) atoms. The van der Waals surface area contributed by atoms with Gasteiger partial charge in [-0.2, -0.15) is 0 Å². The van der Waals surface area contributed by atoms with Gasteiger partial charge in [-0.25, -0.2) is 0 Å². The van der Waals surface area contributed by atoms with E-state index in [1.165, 1.54) is 23.1 Å². The Labute approximate surface area is 152 Å². The van der Waals surface area contributed by atoms with E-state index in [1.807, 2.05) is 24.3 Å². The molecule has 0 atom stereocenters. The molecule has 1 aliphatic carbocycles. The molecule has 0 radical (unpaired) electrons. The summed E-state index contributed by atoms with van der Waals surface area (Å²) in [6.07, 6.45) is 3.78. The number of H-pyrrole nitrogens is 1. The van der Waals surface area contributed by atoms with E-state index < -0.39 is 0 Å². The number of carbonyl (C=O) groups is 2. The molecule has 6 nitrogen and oxygen atoms in total. The normalized spacial score (nSPS) is 14.0. The Morgan fingerprint density at radius 3 is 2.88 bits per heavy atom. The first-order valence-corrected chi connectivity index (χ1v) is 9.79. The Bertz CT molecular complexity index is 945. The molecule has 1 fully saturated rings. The van der Waals surface area contributed by atoms with Crippen LogP contribution in [0.5, 0.6) is 0 Å². The van der Waals surface area contributed by atoms with E-state index in [1.54, 1.807) is 18.0 Å². The van der Waals surface area contributed by atoms with Crippen LogP contribution in [0.25, 0.3) is 10.9 Å². The van der Waals surface area contributed by atoms with E-state index in [9.17, 15) is 9.59 Å². The number of nitrogens with one attached hydrogen (secondary N) is 1. The number of amides is 1. The van der Waals surface area contributed by atoms with Crippen LogP contribution in [0, 0.1) is 0 Å². The maximum atomic E-state index is 12.5. The molecule has 2 aromatic heterocycles. The molecule has 128 valence electrons. The molecule has 0 spiro atoms. The number of nitrogens with zero attached hydrogens (tertiary/aromatic N) is 3. The molecule has 3 aromatic rings. The summed E-state index contributed by atoms with van der Waals surface area (Å²) in [5.74, 6) is 0.329. The number of benzene rings is 1. The van der Waals surface area contributed by atoms with Crippen molar-refractivity contribution in [3.05, 3.63) is 36.0 Å². The molecule has 8 heteroatoms. The second-order valence-electron chi connectivity index (χ2n) is 5.93. The van der Waals surface area contributed by atoms with Crippen molar-refractivity contribution in [3.63, 3.8) is 0 Å². The number of thioether (sulfide) groups is 1. The number of aromatic amines is 1. The summed E-state index contributed by atoms with van der Waals surface area (Å²) in [5, 5.41) is 9.80. The summed E-state index contributed by atoms with van der Waals surface area (Å²) in [6, 6.07) is 8.00. The van der Waals surface area contributed by atoms with Crippen LogP contribution in [0.15, 0.2) is 34.8 Å². The fourth-order valence-electron chi connectivity index (χ4n) is 2.75. The van der Waals surface area contributed by atoms with Gasteiger partial charge in [0.15, 0.2) is 10.1 Å². The lowest BCUT2D eigenvalue weighted by molar-refractivity contribution is -0.116. The van der Waals surface area contributed by atoms with E-state index in [-0.39, 0.29) is 17.7 Å². The first-order chi connectivity index (χ1) is 12.1. The van der Waals surface area contributed by atoms with Gasteiger partial charge in [-0.15, -0.1) is 10.2 Å². The lowest BCUT2D eigenvalue weighted by Crippen LogP contribution is -2.30. The number of aromatic nitrogens is 3. The molecule has 4 rings (SSSR count). The average Bonchev–Trinajstić information content (AvgIpc) is 3.16. The molecular formula is C17H16N4O2S2. The van der Waals surface area contributed by atoms with Crippen LogP contribution in [0.1, 0.15) is 30.1 Å². The van der Waals surface area contributed by atoms with Gasteiger partial charge in [-0.3, -0.25) is 14.5 Å². The molecule has 0 saturated heterocycles. The van der Waals surface area contributed by atoms with Crippen molar-refractivity contribution in [3.8, 4) is 0 Å². The number of ketones is 1. The van der Waals surface area contributed by atoms with Gasteiger partial charge in [0.05, 0.1) is 5.75 Å². The molecule has 0 aliphatic heterocycles. The maximum Gasteiger partial charge on any atom is 0.225 e. The van der Waals surface area contributed by atoms with Crippen molar-refractivity contribution in [2.24, 2.45) is 0 Å². The minimum absolute atomic E-state index is 0.00920. The van der Waals surface area contributed by atoms with Crippen LogP contribution >= 0.6 is 23.1 Å². The molecule has 1 saturated carbocycles. The summed E-state index contributed by atoms with van der Waals surface area (Å²) in [6.45, 7) is 1.55. The Morgan fingerprint density at radius 1 is 1.32 bits per heavy atom. The fraction of sp³-hybridized carbons (Fsp3) is 0.294. The van der Waals surface area contributed by atoms with E-state index in [0.29, 0.717) is 20.8 Å². The molecule has 2 heterocycles. The highest BCUT2D eigenvalue weighted by molar-refractivity contribution is 8.01. The average molecular weight is 372 g/mol. The smallest absolute Gasteiger partial charge is 0.225 e. The van der Waals surface area contributed by atoms with Crippen molar-refractivity contribution in [2.75, 3.05) is 10.7 Å². The van der Waals surface area contributed by atoms with Gasteiger partial charge in [0.2, 0.25) is 11.0 Å². The van der Waals surface area contributed by atoms with Crippen molar-refractivity contribution < 1.29 is 9.59 Å². The van der Waals surface area contributed by atoms with Crippen LogP contribution in [0.2, 0.25) is 0 Å². The van der Waals surface area contributed by atoms with Crippen molar-refractivity contribution in [1.82, 2.24) is 15.2 Å². The van der Waals surface area contributed by atoms with Crippen LogP contribution < -0.4 is 4.90 Å². The highest BCUT2D eigenvalue weighted by atomic mass is 32.2.